The van der Waals surface area contributed by atoms with E-state index in [2.05, 4.69) is 30.6 Å². The first-order valence-electron chi connectivity index (χ1n) is 7.07. The Hall–Kier alpha value is -0.810. The van der Waals surface area contributed by atoms with Crippen LogP contribution < -0.4 is 0 Å². The lowest BCUT2D eigenvalue weighted by Crippen LogP contribution is -2.48. The van der Waals surface area contributed by atoms with Gasteiger partial charge in [0.25, 0.3) is 0 Å². The molecule has 1 rings (SSSR count). The van der Waals surface area contributed by atoms with E-state index in [1.54, 1.807) is 0 Å². The molecule has 0 unspecified atom stereocenters. The van der Waals surface area contributed by atoms with Crippen LogP contribution in [0.15, 0.2) is 0 Å². The predicted octanol–water partition coefficient (Wildman–Crippen LogP) is 1.10. The molecule has 0 aromatic heterocycles. The quantitative estimate of drug-likeness (QED) is 0.714. The van der Waals surface area contributed by atoms with Crippen molar-refractivity contribution in [2.45, 2.75) is 20.8 Å². The first-order chi connectivity index (χ1) is 8.71. The molecular formula is C13H27N3O2. The van der Waals surface area contributed by atoms with Gasteiger partial charge >= 0.3 is 6.09 Å². The molecule has 0 atom stereocenters. The second-order valence-corrected chi connectivity index (χ2v) is 4.56. The second-order valence-electron chi connectivity index (χ2n) is 4.56. The van der Waals surface area contributed by atoms with E-state index in [0.717, 1.165) is 52.4 Å². The van der Waals surface area contributed by atoms with E-state index in [-0.39, 0.29) is 6.09 Å². The number of piperazine rings is 1. The van der Waals surface area contributed by atoms with Crippen molar-refractivity contribution in [2.24, 2.45) is 0 Å². The molecule has 1 heterocycles. The standard InChI is InChI=1S/C13H27N3O2/c1-4-14(5-2)11-12-18-13(17)16-9-7-15(6-3)8-10-16/h4-12H2,1-3H3. The highest BCUT2D eigenvalue weighted by molar-refractivity contribution is 5.67. The summed E-state index contributed by atoms with van der Waals surface area (Å²) in [6, 6.07) is 0. The monoisotopic (exact) mass is 257 g/mol. The number of rotatable bonds is 6. The number of amides is 1. The van der Waals surface area contributed by atoms with E-state index in [1.807, 2.05) is 4.90 Å². The van der Waals surface area contributed by atoms with Gasteiger partial charge in [0.05, 0.1) is 0 Å². The number of carbonyl (C=O) groups is 1. The van der Waals surface area contributed by atoms with Crippen LogP contribution >= 0.6 is 0 Å². The summed E-state index contributed by atoms with van der Waals surface area (Å²) < 4.78 is 5.31. The van der Waals surface area contributed by atoms with Gasteiger partial charge in [-0.2, -0.15) is 0 Å². The minimum Gasteiger partial charge on any atom is -0.448 e. The van der Waals surface area contributed by atoms with Crippen LogP contribution in [0, 0.1) is 0 Å². The van der Waals surface area contributed by atoms with Crippen LogP contribution in [0.25, 0.3) is 0 Å². The molecule has 0 bridgehead atoms. The van der Waals surface area contributed by atoms with Gasteiger partial charge in [0, 0.05) is 32.7 Å². The molecule has 0 aliphatic carbocycles. The lowest BCUT2D eigenvalue weighted by Gasteiger charge is -2.33. The topological polar surface area (TPSA) is 36.0 Å². The van der Waals surface area contributed by atoms with Crippen LogP contribution in [0.1, 0.15) is 20.8 Å². The van der Waals surface area contributed by atoms with E-state index in [0.29, 0.717) is 6.61 Å². The number of hydrogen-bond donors (Lipinski definition) is 0. The number of likely N-dealkylation sites (N-methyl/N-ethyl adjacent to an activating group) is 2. The van der Waals surface area contributed by atoms with Crippen LogP contribution in [-0.2, 0) is 4.74 Å². The summed E-state index contributed by atoms with van der Waals surface area (Å²) >= 11 is 0. The minimum atomic E-state index is -0.155. The Kier molecular flexibility index (Phi) is 7.05. The van der Waals surface area contributed by atoms with Gasteiger partial charge in [0.15, 0.2) is 0 Å². The van der Waals surface area contributed by atoms with Gasteiger partial charge in [-0.25, -0.2) is 4.79 Å². The smallest absolute Gasteiger partial charge is 0.409 e. The van der Waals surface area contributed by atoms with Gasteiger partial charge in [0.1, 0.15) is 6.61 Å². The van der Waals surface area contributed by atoms with E-state index >= 15 is 0 Å². The molecule has 5 heteroatoms. The lowest BCUT2D eigenvalue weighted by atomic mass is 10.3. The molecule has 5 nitrogen and oxygen atoms in total. The summed E-state index contributed by atoms with van der Waals surface area (Å²) in [6.07, 6.45) is -0.155. The molecule has 1 saturated heterocycles. The second kappa shape index (κ2) is 8.32. The average Bonchev–Trinajstić information content (AvgIpc) is 2.43. The molecule has 1 aliphatic rings. The van der Waals surface area contributed by atoms with Crippen LogP contribution in [-0.4, -0.2) is 79.8 Å². The highest BCUT2D eigenvalue weighted by atomic mass is 16.6. The molecule has 0 radical (unpaired) electrons. The molecule has 0 N–H and O–H groups in total. The number of carbonyl (C=O) groups excluding carboxylic acids is 1. The summed E-state index contributed by atoms with van der Waals surface area (Å²) in [7, 11) is 0. The van der Waals surface area contributed by atoms with Gasteiger partial charge in [-0.15, -0.1) is 0 Å². The van der Waals surface area contributed by atoms with Crippen LogP contribution in [0.3, 0.4) is 0 Å². The van der Waals surface area contributed by atoms with Gasteiger partial charge in [-0.05, 0) is 19.6 Å². The zero-order valence-corrected chi connectivity index (χ0v) is 12.0. The maximum absolute atomic E-state index is 11.8. The third kappa shape index (κ3) is 4.82. The van der Waals surface area contributed by atoms with Crippen molar-refractivity contribution in [1.82, 2.24) is 14.7 Å². The number of ether oxygens (including phenoxy) is 1. The van der Waals surface area contributed by atoms with Gasteiger partial charge < -0.3 is 19.4 Å². The van der Waals surface area contributed by atoms with Crippen LogP contribution in [0.2, 0.25) is 0 Å². The molecule has 18 heavy (non-hydrogen) atoms. The molecule has 0 spiro atoms. The van der Waals surface area contributed by atoms with Crippen molar-refractivity contribution >= 4 is 6.09 Å². The van der Waals surface area contributed by atoms with E-state index in [4.69, 9.17) is 4.74 Å². The molecule has 1 aliphatic heterocycles. The SMILES string of the molecule is CCN(CC)CCOC(=O)N1CCN(CC)CC1. The Bertz CT molecular complexity index is 236. The Balaban J connectivity index is 2.17. The third-order valence-corrected chi connectivity index (χ3v) is 3.61. The fraction of sp³-hybridized carbons (Fsp3) is 0.923. The fourth-order valence-electron chi connectivity index (χ4n) is 2.14. The summed E-state index contributed by atoms with van der Waals surface area (Å²) in [5.74, 6) is 0. The molecule has 106 valence electrons. The highest BCUT2D eigenvalue weighted by Gasteiger charge is 2.20. The largest absolute Gasteiger partial charge is 0.448 e. The van der Waals surface area contributed by atoms with Crippen LogP contribution in [0.4, 0.5) is 4.79 Å². The average molecular weight is 257 g/mol. The first kappa shape index (κ1) is 15.2. The van der Waals surface area contributed by atoms with Crippen molar-refractivity contribution in [3.05, 3.63) is 0 Å². The Morgan fingerprint density at radius 2 is 1.72 bits per heavy atom. The van der Waals surface area contributed by atoms with E-state index in [1.165, 1.54) is 0 Å². The third-order valence-electron chi connectivity index (χ3n) is 3.61. The van der Waals surface area contributed by atoms with Crippen molar-refractivity contribution in [3.63, 3.8) is 0 Å². The number of hydrogen-bond acceptors (Lipinski definition) is 4. The van der Waals surface area contributed by atoms with E-state index in [9.17, 15) is 4.79 Å². The number of nitrogens with zero attached hydrogens (tertiary/aromatic N) is 3. The van der Waals surface area contributed by atoms with Gasteiger partial charge in [-0.1, -0.05) is 20.8 Å². The molecule has 1 amide bonds. The summed E-state index contributed by atoms with van der Waals surface area (Å²) in [4.78, 5) is 18.2. The van der Waals surface area contributed by atoms with Crippen LogP contribution in [0.5, 0.6) is 0 Å². The zero-order chi connectivity index (χ0) is 13.4. The molecule has 0 aromatic rings. The Morgan fingerprint density at radius 1 is 1.11 bits per heavy atom. The maximum atomic E-state index is 11.8. The summed E-state index contributed by atoms with van der Waals surface area (Å²) in [6.45, 7) is 14.3. The predicted molar refractivity (Wildman–Crippen MR) is 72.8 cm³/mol. The summed E-state index contributed by atoms with van der Waals surface area (Å²) in [5.41, 5.74) is 0. The fourth-order valence-corrected chi connectivity index (χ4v) is 2.14. The van der Waals surface area contributed by atoms with Gasteiger partial charge in [0.2, 0.25) is 0 Å². The normalized spacial score (nSPS) is 17.2. The zero-order valence-electron chi connectivity index (χ0n) is 12.0. The molecule has 1 fully saturated rings. The molecular weight excluding hydrogens is 230 g/mol. The Morgan fingerprint density at radius 3 is 2.22 bits per heavy atom. The molecule has 0 aromatic carbocycles. The Labute approximate surface area is 111 Å². The minimum absolute atomic E-state index is 0.155. The van der Waals surface area contributed by atoms with E-state index < -0.39 is 0 Å². The lowest BCUT2D eigenvalue weighted by molar-refractivity contribution is 0.0707. The summed E-state index contributed by atoms with van der Waals surface area (Å²) in [5, 5.41) is 0. The highest BCUT2D eigenvalue weighted by Crippen LogP contribution is 2.03. The van der Waals surface area contributed by atoms with Crippen molar-refractivity contribution < 1.29 is 9.53 Å². The van der Waals surface area contributed by atoms with Crippen molar-refractivity contribution in [1.29, 1.82) is 0 Å². The van der Waals surface area contributed by atoms with Gasteiger partial charge in [-0.3, -0.25) is 0 Å². The maximum Gasteiger partial charge on any atom is 0.409 e. The first-order valence-corrected chi connectivity index (χ1v) is 7.07. The molecule has 0 saturated carbocycles. The van der Waals surface area contributed by atoms with Crippen molar-refractivity contribution in [3.8, 4) is 0 Å². The van der Waals surface area contributed by atoms with Crippen molar-refractivity contribution in [2.75, 3.05) is 59.0 Å².